The van der Waals surface area contributed by atoms with Gasteiger partial charge in [-0.3, -0.25) is 4.79 Å². The molecular weight excluding hydrogens is 384 g/mol. The molecule has 2 heterocycles. The quantitative estimate of drug-likeness (QED) is 0.759. The van der Waals surface area contributed by atoms with Crippen LogP contribution in [0.25, 0.3) is 0 Å². The van der Waals surface area contributed by atoms with E-state index < -0.39 is 9.84 Å². The van der Waals surface area contributed by atoms with Crippen LogP contribution in [0, 0.1) is 6.92 Å². The third-order valence-corrected chi connectivity index (χ3v) is 7.74. The molecule has 0 aromatic heterocycles. The monoisotopic (exact) mass is 412 g/mol. The third kappa shape index (κ3) is 3.66. The van der Waals surface area contributed by atoms with E-state index in [1.54, 1.807) is 4.90 Å². The van der Waals surface area contributed by atoms with E-state index in [9.17, 15) is 13.2 Å². The first-order valence-electron chi connectivity index (χ1n) is 10.0. The first-order valence-corrected chi connectivity index (χ1v) is 11.8. The smallest absolute Gasteiger partial charge is 0.246 e. The number of sulfone groups is 1. The van der Waals surface area contributed by atoms with Crippen LogP contribution in [0.15, 0.2) is 48.5 Å². The lowest BCUT2D eigenvalue weighted by atomic mass is 9.87. The highest BCUT2D eigenvalue weighted by Gasteiger charge is 2.50. The minimum atomic E-state index is -3.21. The van der Waals surface area contributed by atoms with Crippen LogP contribution in [-0.4, -0.2) is 44.5 Å². The van der Waals surface area contributed by atoms with E-state index in [2.05, 4.69) is 32.9 Å². The lowest BCUT2D eigenvalue weighted by Crippen LogP contribution is -2.62. The number of hydrogen-bond donors (Lipinski definition) is 0. The zero-order valence-electron chi connectivity index (χ0n) is 17.4. The standard InChI is InChI=1S/C23H28N2O3S/c1-16-7-5-6-8-19(16)25-21-15-29(27,28)14-20(21)24(13-22(25)26)18-11-9-17(10-12-18)23(2,3)4/h5-12,20-21H,13-15H2,1-4H3/t20-,21+/m1/s1. The van der Waals surface area contributed by atoms with Gasteiger partial charge in [0.15, 0.2) is 9.84 Å². The lowest BCUT2D eigenvalue weighted by molar-refractivity contribution is -0.118. The van der Waals surface area contributed by atoms with E-state index in [-0.39, 0.29) is 41.5 Å². The molecule has 2 fully saturated rings. The Labute approximate surface area is 173 Å². The summed E-state index contributed by atoms with van der Waals surface area (Å²) >= 11 is 0. The Balaban J connectivity index is 1.73. The molecule has 154 valence electrons. The van der Waals surface area contributed by atoms with Gasteiger partial charge in [-0.05, 0) is 41.7 Å². The SMILES string of the molecule is Cc1ccccc1N1C(=O)CN(c2ccc(C(C)(C)C)cc2)[C@@H]2CS(=O)(=O)C[C@@H]21. The number of anilines is 2. The number of hydrogen-bond acceptors (Lipinski definition) is 4. The van der Waals surface area contributed by atoms with Crippen molar-refractivity contribution < 1.29 is 13.2 Å². The van der Waals surface area contributed by atoms with Gasteiger partial charge in [-0.15, -0.1) is 0 Å². The van der Waals surface area contributed by atoms with Crippen molar-refractivity contribution in [3.8, 4) is 0 Å². The fourth-order valence-electron chi connectivity index (χ4n) is 4.46. The van der Waals surface area contributed by atoms with Crippen molar-refractivity contribution in [1.82, 2.24) is 0 Å². The molecule has 5 nitrogen and oxygen atoms in total. The Kier molecular flexibility index (Phi) is 4.73. The normalized spacial score (nSPS) is 23.9. The number of fused-ring (bicyclic) bond motifs is 1. The van der Waals surface area contributed by atoms with Gasteiger partial charge in [0, 0.05) is 11.4 Å². The molecule has 2 aromatic carbocycles. The summed E-state index contributed by atoms with van der Waals surface area (Å²) in [7, 11) is -3.21. The second-order valence-electron chi connectivity index (χ2n) is 9.19. The fourth-order valence-corrected chi connectivity index (χ4v) is 6.41. The van der Waals surface area contributed by atoms with Crippen LogP contribution in [0.5, 0.6) is 0 Å². The van der Waals surface area contributed by atoms with Gasteiger partial charge in [0.2, 0.25) is 5.91 Å². The van der Waals surface area contributed by atoms with E-state index >= 15 is 0 Å². The maximum absolute atomic E-state index is 13.2. The predicted molar refractivity (Wildman–Crippen MR) is 117 cm³/mol. The highest BCUT2D eigenvalue weighted by molar-refractivity contribution is 7.91. The molecule has 2 atom stereocenters. The van der Waals surface area contributed by atoms with Crippen molar-refractivity contribution >= 4 is 27.1 Å². The van der Waals surface area contributed by atoms with E-state index in [4.69, 9.17) is 0 Å². The van der Waals surface area contributed by atoms with Crippen molar-refractivity contribution in [3.63, 3.8) is 0 Å². The summed E-state index contributed by atoms with van der Waals surface area (Å²) in [6.07, 6.45) is 0. The van der Waals surface area contributed by atoms with E-state index in [0.717, 1.165) is 16.9 Å². The molecule has 29 heavy (non-hydrogen) atoms. The van der Waals surface area contributed by atoms with Crippen molar-refractivity contribution in [2.75, 3.05) is 27.9 Å². The molecule has 2 aliphatic rings. The number of nitrogens with zero attached hydrogens (tertiary/aromatic N) is 2. The number of benzene rings is 2. The number of piperazine rings is 1. The van der Waals surface area contributed by atoms with Gasteiger partial charge in [-0.2, -0.15) is 0 Å². The fraction of sp³-hybridized carbons (Fsp3) is 0.435. The van der Waals surface area contributed by atoms with Crippen LogP contribution < -0.4 is 9.80 Å². The van der Waals surface area contributed by atoms with Gasteiger partial charge in [0.25, 0.3) is 0 Å². The van der Waals surface area contributed by atoms with E-state index in [1.165, 1.54) is 5.56 Å². The summed E-state index contributed by atoms with van der Waals surface area (Å²) in [5, 5.41) is 0. The summed E-state index contributed by atoms with van der Waals surface area (Å²) in [6.45, 7) is 8.61. The Morgan fingerprint density at radius 1 is 0.931 bits per heavy atom. The number of amides is 1. The van der Waals surface area contributed by atoms with Crippen LogP contribution >= 0.6 is 0 Å². The zero-order valence-corrected chi connectivity index (χ0v) is 18.2. The number of rotatable bonds is 2. The largest absolute Gasteiger partial charge is 0.356 e. The molecular formula is C23H28N2O3S. The summed E-state index contributed by atoms with van der Waals surface area (Å²) < 4.78 is 25.1. The van der Waals surface area contributed by atoms with Gasteiger partial charge in [-0.1, -0.05) is 51.1 Å². The van der Waals surface area contributed by atoms with Crippen LogP contribution in [-0.2, 0) is 20.0 Å². The molecule has 2 aliphatic heterocycles. The van der Waals surface area contributed by atoms with Crippen molar-refractivity contribution in [1.29, 1.82) is 0 Å². The Hall–Kier alpha value is -2.34. The number of para-hydroxylation sites is 1. The molecule has 0 N–H and O–H groups in total. The van der Waals surface area contributed by atoms with Crippen LogP contribution in [0.3, 0.4) is 0 Å². The van der Waals surface area contributed by atoms with Gasteiger partial charge in [0.1, 0.15) is 0 Å². The molecule has 0 aliphatic carbocycles. The molecule has 0 unspecified atom stereocenters. The van der Waals surface area contributed by atoms with Gasteiger partial charge in [0.05, 0.1) is 30.1 Å². The summed E-state index contributed by atoms with van der Waals surface area (Å²) in [5.41, 5.74) is 3.95. The maximum Gasteiger partial charge on any atom is 0.246 e. The molecule has 0 radical (unpaired) electrons. The molecule has 0 saturated carbocycles. The number of carbonyl (C=O) groups excluding carboxylic acids is 1. The molecule has 0 bridgehead atoms. The van der Waals surface area contributed by atoms with E-state index in [0.29, 0.717) is 0 Å². The third-order valence-electron chi connectivity index (χ3n) is 6.04. The Morgan fingerprint density at radius 3 is 2.17 bits per heavy atom. The summed E-state index contributed by atoms with van der Waals surface area (Å²) in [5.74, 6) is 0.0282. The lowest BCUT2D eigenvalue weighted by Gasteiger charge is -2.45. The van der Waals surface area contributed by atoms with Gasteiger partial charge < -0.3 is 9.80 Å². The van der Waals surface area contributed by atoms with Gasteiger partial charge >= 0.3 is 0 Å². The summed E-state index contributed by atoms with van der Waals surface area (Å²) in [4.78, 5) is 16.9. The second-order valence-corrected chi connectivity index (χ2v) is 11.3. The van der Waals surface area contributed by atoms with Crippen LogP contribution in [0.4, 0.5) is 11.4 Å². The minimum absolute atomic E-state index is 0.00825. The van der Waals surface area contributed by atoms with Crippen LogP contribution in [0.2, 0.25) is 0 Å². The van der Waals surface area contributed by atoms with Crippen molar-refractivity contribution in [2.45, 2.75) is 45.2 Å². The molecule has 0 spiro atoms. The first-order chi connectivity index (χ1) is 13.6. The highest BCUT2D eigenvalue weighted by atomic mass is 32.2. The average Bonchev–Trinajstić information content (AvgIpc) is 2.96. The maximum atomic E-state index is 13.2. The van der Waals surface area contributed by atoms with Crippen molar-refractivity contribution in [2.24, 2.45) is 0 Å². The predicted octanol–water partition coefficient (Wildman–Crippen LogP) is 3.31. The second kappa shape index (κ2) is 6.87. The Morgan fingerprint density at radius 2 is 1.55 bits per heavy atom. The zero-order chi connectivity index (χ0) is 21.0. The number of aryl methyl sites for hydroxylation is 1. The van der Waals surface area contributed by atoms with Gasteiger partial charge in [-0.25, -0.2) is 8.42 Å². The molecule has 2 aromatic rings. The Bertz CT molecular complexity index is 1040. The topological polar surface area (TPSA) is 57.7 Å². The number of carbonyl (C=O) groups is 1. The first kappa shape index (κ1) is 20.0. The van der Waals surface area contributed by atoms with Crippen LogP contribution in [0.1, 0.15) is 31.9 Å². The molecule has 2 saturated heterocycles. The molecule has 6 heteroatoms. The minimum Gasteiger partial charge on any atom is -0.356 e. The summed E-state index contributed by atoms with van der Waals surface area (Å²) in [6, 6.07) is 15.3. The van der Waals surface area contributed by atoms with E-state index in [1.807, 2.05) is 48.2 Å². The van der Waals surface area contributed by atoms with Crippen molar-refractivity contribution in [3.05, 3.63) is 59.7 Å². The molecule has 4 rings (SSSR count). The molecule has 1 amide bonds. The highest BCUT2D eigenvalue weighted by Crippen LogP contribution is 2.36. The average molecular weight is 413 g/mol.